The van der Waals surface area contributed by atoms with Crippen LogP contribution in [0.2, 0.25) is 0 Å². The fourth-order valence-electron chi connectivity index (χ4n) is 3.05. The van der Waals surface area contributed by atoms with E-state index < -0.39 is 0 Å². The maximum atomic E-state index is 6.01. The van der Waals surface area contributed by atoms with Crippen molar-refractivity contribution in [3.63, 3.8) is 0 Å². The van der Waals surface area contributed by atoms with Crippen molar-refractivity contribution in [3.05, 3.63) is 107 Å². The number of ether oxygens (including phenoxy) is 1. The van der Waals surface area contributed by atoms with Crippen LogP contribution in [0.5, 0.6) is 5.75 Å². The maximum absolute atomic E-state index is 6.01. The van der Waals surface area contributed by atoms with Crippen LogP contribution in [0.4, 0.5) is 5.69 Å². The number of halogens is 1. The molecule has 0 aliphatic heterocycles. The summed E-state index contributed by atoms with van der Waals surface area (Å²) in [4.78, 5) is 0. The van der Waals surface area contributed by atoms with E-state index in [1.807, 2.05) is 24.3 Å². The zero-order valence-electron chi connectivity index (χ0n) is 14.9. The molecule has 0 radical (unpaired) electrons. The topological polar surface area (TPSA) is 21.3 Å². The summed E-state index contributed by atoms with van der Waals surface area (Å²) in [6.07, 6.45) is 0. The molecule has 0 saturated heterocycles. The molecule has 27 heavy (non-hydrogen) atoms. The van der Waals surface area contributed by atoms with Gasteiger partial charge in [0, 0.05) is 16.7 Å². The van der Waals surface area contributed by atoms with E-state index in [1.165, 1.54) is 21.9 Å². The average molecular weight is 418 g/mol. The molecule has 0 unspecified atom stereocenters. The van der Waals surface area contributed by atoms with Crippen LogP contribution in [0.3, 0.4) is 0 Å². The lowest BCUT2D eigenvalue weighted by molar-refractivity contribution is 0.307. The summed E-state index contributed by atoms with van der Waals surface area (Å²) in [7, 11) is 0. The molecular formula is C24H20BrNO. The highest BCUT2D eigenvalue weighted by molar-refractivity contribution is 9.10. The van der Waals surface area contributed by atoms with E-state index >= 15 is 0 Å². The van der Waals surface area contributed by atoms with Gasteiger partial charge in [0.25, 0.3) is 0 Å². The van der Waals surface area contributed by atoms with E-state index in [0.29, 0.717) is 6.61 Å². The number of hydrogen-bond acceptors (Lipinski definition) is 2. The first-order valence-electron chi connectivity index (χ1n) is 8.96. The molecule has 0 aromatic heterocycles. The summed E-state index contributed by atoms with van der Waals surface area (Å²) in [6, 6.07) is 31.2. The van der Waals surface area contributed by atoms with Crippen molar-refractivity contribution in [2.45, 2.75) is 13.2 Å². The minimum atomic E-state index is 0.567. The first-order valence-corrected chi connectivity index (χ1v) is 9.75. The standard InChI is InChI=1S/C24H20BrNO/c25-21-10-12-22(13-11-21)26-16-18-8-14-23(15-9-18)27-17-20-6-3-5-19-4-1-2-7-24(19)20/h1-15,26H,16-17H2. The molecule has 4 rings (SSSR count). The Morgan fingerprint density at radius 1 is 0.741 bits per heavy atom. The monoisotopic (exact) mass is 417 g/mol. The third-order valence-corrected chi connectivity index (χ3v) is 5.07. The third-order valence-electron chi connectivity index (χ3n) is 4.54. The highest BCUT2D eigenvalue weighted by Gasteiger charge is 2.02. The molecule has 0 amide bonds. The Hall–Kier alpha value is -2.78. The lowest BCUT2D eigenvalue weighted by atomic mass is 10.1. The van der Waals surface area contributed by atoms with Crippen molar-refractivity contribution in [2.24, 2.45) is 0 Å². The lowest BCUT2D eigenvalue weighted by Crippen LogP contribution is -2.00. The summed E-state index contributed by atoms with van der Waals surface area (Å²) >= 11 is 3.45. The van der Waals surface area contributed by atoms with Crippen molar-refractivity contribution in [1.82, 2.24) is 0 Å². The molecule has 0 heterocycles. The Kier molecular flexibility index (Phi) is 5.40. The summed E-state index contributed by atoms with van der Waals surface area (Å²) in [5, 5.41) is 5.91. The van der Waals surface area contributed by atoms with Gasteiger partial charge >= 0.3 is 0 Å². The first-order chi connectivity index (χ1) is 13.3. The second-order valence-corrected chi connectivity index (χ2v) is 7.35. The van der Waals surface area contributed by atoms with Gasteiger partial charge in [-0.1, -0.05) is 70.5 Å². The van der Waals surface area contributed by atoms with Crippen molar-refractivity contribution in [2.75, 3.05) is 5.32 Å². The van der Waals surface area contributed by atoms with Gasteiger partial charge in [-0.3, -0.25) is 0 Å². The first kappa shape index (κ1) is 17.6. The predicted octanol–water partition coefficient (Wildman–Crippen LogP) is 6.79. The molecule has 0 atom stereocenters. The van der Waals surface area contributed by atoms with Gasteiger partial charge in [0.1, 0.15) is 12.4 Å². The van der Waals surface area contributed by atoms with E-state index in [4.69, 9.17) is 4.74 Å². The van der Waals surface area contributed by atoms with E-state index in [1.54, 1.807) is 0 Å². The number of anilines is 1. The van der Waals surface area contributed by atoms with E-state index in [9.17, 15) is 0 Å². The smallest absolute Gasteiger partial charge is 0.119 e. The number of hydrogen-bond donors (Lipinski definition) is 1. The van der Waals surface area contributed by atoms with Crippen LogP contribution in [0.15, 0.2) is 95.5 Å². The molecule has 0 aliphatic carbocycles. The zero-order chi connectivity index (χ0) is 18.5. The summed E-state index contributed by atoms with van der Waals surface area (Å²) < 4.78 is 7.09. The Morgan fingerprint density at radius 3 is 2.30 bits per heavy atom. The summed E-state index contributed by atoms with van der Waals surface area (Å²) in [5.41, 5.74) is 3.53. The van der Waals surface area contributed by atoms with Crippen LogP contribution in [-0.2, 0) is 13.2 Å². The van der Waals surface area contributed by atoms with Gasteiger partial charge in [0.2, 0.25) is 0 Å². The van der Waals surface area contributed by atoms with E-state index in [2.05, 4.69) is 88.0 Å². The van der Waals surface area contributed by atoms with Crippen molar-refractivity contribution >= 4 is 32.4 Å². The fraction of sp³-hybridized carbons (Fsp3) is 0.0833. The van der Waals surface area contributed by atoms with Crippen LogP contribution in [0.25, 0.3) is 10.8 Å². The highest BCUT2D eigenvalue weighted by atomic mass is 79.9. The third kappa shape index (κ3) is 4.50. The van der Waals surface area contributed by atoms with Gasteiger partial charge in [-0.25, -0.2) is 0 Å². The average Bonchev–Trinajstić information content (AvgIpc) is 2.72. The van der Waals surface area contributed by atoms with Gasteiger partial charge in [-0.05, 0) is 58.3 Å². The zero-order valence-corrected chi connectivity index (χ0v) is 16.4. The lowest BCUT2D eigenvalue weighted by Gasteiger charge is -2.10. The number of rotatable bonds is 6. The van der Waals surface area contributed by atoms with Crippen LogP contribution in [0.1, 0.15) is 11.1 Å². The van der Waals surface area contributed by atoms with Crippen molar-refractivity contribution in [3.8, 4) is 5.75 Å². The molecule has 2 nitrogen and oxygen atoms in total. The van der Waals surface area contributed by atoms with Crippen LogP contribution in [0, 0.1) is 0 Å². The quantitative estimate of drug-likeness (QED) is 0.372. The second-order valence-electron chi connectivity index (χ2n) is 6.43. The molecule has 0 aliphatic rings. The molecular weight excluding hydrogens is 398 g/mol. The van der Waals surface area contributed by atoms with Crippen LogP contribution >= 0.6 is 15.9 Å². The normalized spacial score (nSPS) is 10.7. The minimum Gasteiger partial charge on any atom is -0.489 e. The van der Waals surface area contributed by atoms with Crippen molar-refractivity contribution in [1.29, 1.82) is 0 Å². The van der Waals surface area contributed by atoms with Gasteiger partial charge in [0.15, 0.2) is 0 Å². The highest BCUT2D eigenvalue weighted by Crippen LogP contribution is 2.21. The Balaban J connectivity index is 1.37. The largest absolute Gasteiger partial charge is 0.489 e. The molecule has 4 aromatic rings. The van der Waals surface area contributed by atoms with Gasteiger partial charge in [0.05, 0.1) is 0 Å². The van der Waals surface area contributed by atoms with Gasteiger partial charge < -0.3 is 10.1 Å². The molecule has 4 aromatic carbocycles. The number of benzene rings is 4. The number of nitrogens with one attached hydrogen (secondary N) is 1. The van der Waals surface area contributed by atoms with E-state index in [-0.39, 0.29) is 0 Å². The van der Waals surface area contributed by atoms with Gasteiger partial charge in [-0.15, -0.1) is 0 Å². The second kappa shape index (κ2) is 8.28. The Bertz CT molecular complexity index is 1020. The number of fused-ring (bicyclic) bond motifs is 1. The maximum Gasteiger partial charge on any atom is 0.119 e. The Labute approximate surface area is 167 Å². The van der Waals surface area contributed by atoms with Crippen LogP contribution in [-0.4, -0.2) is 0 Å². The summed E-state index contributed by atoms with van der Waals surface area (Å²) in [5.74, 6) is 0.885. The molecule has 0 saturated carbocycles. The molecule has 0 bridgehead atoms. The fourth-order valence-corrected chi connectivity index (χ4v) is 3.32. The van der Waals surface area contributed by atoms with Crippen molar-refractivity contribution < 1.29 is 4.74 Å². The molecule has 0 fully saturated rings. The van der Waals surface area contributed by atoms with Crippen LogP contribution < -0.4 is 10.1 Å². The molecule has 3 heteroatoms. The van der Waals surface area contributed by atoms with E-state index in [0.717, 1.165) is 22.5 Å². The SMILES string of the molecule is Brc1ccc(NCc2ccc(OCc3cccc4ccccc34)cc2)cc1. The summed E-state index contributed by atoms with van der Waals surface area (Å²) in [6.45, 7) is 1.35. The Morgan fingerprint density at radius 2 is 1.48 bits per heavy atom. The molecule has 1 N–H and O–H groups in total. The minimum absolute atomic E-state index is 0.567. The van der Waals surface area contributed by atoms with Gasteiger partial charge in [-0.2, -0.15) is 0 Å². The molecule has 0 spiro atoms. The predicted molar refractivity (Wildman–Crippen MR) is 116 cm³/mol. The molecule has 134 valence electrons.